The minimum Gasteiger partial charge on any atom is -0.378 e. The summed E-state index contributed by atoms with van der Waals surface area (Å²) in [5.41, 5.74) is 6.02. The average Bonchev–Trinajstić information content (AvgIpc) is 3.67. The van der Waals surface area contributed by atoms with Crippen LogP contribution in [0.25, 0.3) is 29.1 Å². The van der Waals surface area contributed by atoms with Crippen LogP contribution in [0.5, 0.6) is 0 Å². The maximum atomic E-state index is 13.4. The van der Waals surface area contributed by atoms with E-state index in [0.717, 1.165) is 51.6 Å². The van der Waals surface area contributed by atoms with Crippen LogP contribution in [0.3, 0.4) is 0 Å². The summed E-state index contributed by atoms with van der Waals surface area (Å²) < 4.78 is 9.31. The van der Waals surface area contributed by atoms with E-state index in [4.69, 9.17) is 9.72 Å². The highest BCUT2D eigenvalue weighted by Gasteiger charge is 2.19. The van der Waals surface area contributed by atoms with Gasteiger partial charge in [-0.3, -0.25) is 9.59 Å². The molecule has 0 atom stereocenters. The van der Waals surface area contributed by atoms with Crippen LogP contribution in [0.1, 0.15) is 39.1 Å². The second kappa shape index (κ2) is 11.5. The van der Waals surface area contributed by atoms with Gasteiger partial charge in [-0.2, -0.15) is 0 Å². The summed E-state index contributed by atoms with van der Waals surface area (Å²) in [6.45, 7) is 4.32. The van der Waals surface area contributed by atoms with Gasteiger partial charge in [-0.05, 0) is 55.7 Å². The summed E-state index contributed by atoms with van der Waals surface area (Å²) in [7, 11) is 1.97. The molecular weight excluding hydrogens is 554 g/mol. The predicted octanol–water partition coefficient (Wildman–Crippen LogP) is 3.87. The third-order valence-electron chi connectivity index (χ3n) is 8.29. The number of aromatic nitrogens is 4. The molecule has 0 radical (unpaired) electrons. The largest absolute Gasteiger partial charge is 0.378 e. The highest BCUT2D eigenvalue weighted by molar-refractivity contribution is 6.05. The number of aryl methyl sites for hydroxylation is 1. The molecule has 1 saturated heterocycles. The van der Waals surface area contributed by atoms with Crippen LogP contribution in [0.15, 0.2) is 67.3 Å². The van der Waals surface area contributed by atoms with Crippen LogP contribution in [-0.2, 0) is 11.8 Å². The third-order valence-corrected chi connectivity index (χ3v) is 8.29. The molecule has 0 unspecified atom stereocenters. The lowest BCUT2D eigenvalue weighted by molar-refractivity contribution is 0.0303. The number of carbonyl (C=O) groups excluding carboxylic acids is 2. The molecule has 222 valence electrons. The van der Waals surface area contributed by atoms with Crippen molar-refractivity contribution in [1.29, 1.82) is 0 Å². The first-order valence-electron chi connectivity index (χ1n) is 14.8. The Hall–Kier alpha value is -5.22. The molecule has 4 heterocycles. The molecule has 10 heteroatoms. The summed E-state index contributed by atoms with van der Waals surface area (Å²) in [4.78, 5) is 37.6. The van der Waals surface area contributed by atoms with Crippen LogP contribution >= 0.6 is 0 Å². The SMILES string of the molecule is Cc1c(NC(=O)c2cn(C)c3c2=CCCC=3)cccc1-c1cn2ccnc2c(Nc2ccc(C(=O)N3CCOCC3)cc2)n1. The van der Waals surface area contributed by atoms with Gasteiger partial charge in [0, 0.05) is 78.0 Å². The van der Waals surface area contributed by atoms with Crippen LogP contribution in [0, 0.1) is 6.92 Å². The zero-order valence-corrected chi connectivity index (χ0v) is 24.7. The van der Waals surface area contributed by atoms with Crippen LogP contribution < -0.4 is 21.2 Å². The van der Waals surface area contributed by atoms with Gasteiger partial charge in [0.25, 0.3) is 11.8 Å². The van der Waals surface area contributed by atoms with Crippen LogP contribution in [0.4, 0.5) is 17.2 Å². The topological polar surface area (TPSA) is 106 Å². The molecule has 1 fully saturated rings. The molecule has 2 N–H and O–H groups in total. The summed E-state index contributed by atoms with van der Waals surface area (Å²) in [5, 5.41) is 8.61. The number of ether oxygens (including phenoxy) is 1. The van der Waals surface area contributed by atoms with E-state index in [1.807, 2.05) is 88.9 Å². The molecule has 0 spiro atoms. The lowest BCUT2D eigenvalue weighted by Crippen LogP contribution is -2.40. The smallest absolute Gasteiger partial charge is 0.257 e. The van der Waals surface area contributed by atoms with Crippen molar-refractivity contribution in [2.24, 2.45) is 7.05 Å². The Kier molecular flexibility index (Phi) is 7.19. The normalized spacial score (nSPS) is 14.5. The minimum atomic E-state index is -0.135. The monoisotopic (exact) mass is 587 g/mol. The first kappa shape index (κ1) is 27.6. The summed E-state index contributed by atoms with van der Waals surface area (Å²) in [6, 6.07) is 13.2. The third kappa shape index (κ3) is 5.13. The molecule has 0 saturated carbocycles. The molecule has 1 aliphatic heterocycles. The molecule has 0 bridgehead atoms. The Morgan fingerprint density at radius 2 is 1.77 bits per heavy atom. The van der Waals surface area contributed by atoms with Crippen molar-refractivity contribution in [1.82, 2.24) is 23.8 Å². The van der Waals surface area contributed by atoms with Crippen molar-refractivity contribution < 1.29 is 14.3 Å². The Morgan fingerprint density at radius 1 is 0.977 bits per heavy atom. The highest BCUT2D eigenvalue weighted by atomic mass is 16.5. The number of fused-ring (bicyclic) bond motifs is 2. The van der Waals surface area contributed by atoms with E-state index in [1.54, 1.807) is 6.20 Å². The maximum Gasteiger partial charge on any atom is 0.257 e. The fourth-order valence-electron chi connectivity index (χ4n) is 5.92. The second-order valence-corrected chi connectivity index (χ2v) is 11.1. The number of rotatable bonds is 6. The number of benzene rings is 2. The van der Waals surface area contributed by atoms with E-state index in [1.165, 1.54) is 0 Å². The summed E-state index contributed by atoms with van der Waals surface area (Å²) in [6.07, 6.45) is 13.7. The van der Waals surface area contributed by atoms with Crippen molar-refractivity contribution in [2.75, 3.05) is 36.9 Å². The van der Waals surface area contributed by atoms with E-state index in [2.05, 4.69) is 27.8 Å². The first-order valence-corrected chi connectivity index (χ1v) is 14.8. The number of anilines is 3. The number of morpholine rings is 1. The molecule has 3 aromatic heterocycles. The first-order chi connectivity index (χ1) is 21.5. The standard InChI is InChI=1S/C34H33N7O3/c1-22-25(7-5-8-28(22)38-33(42)27-20-39(2)30-9-4-3-6-26(27)30)29-21-41-15-14-35-32(41)31(37-29)36-24-12-10-23(11-13-24)34(43)40-16-18-44-19-17-40/h5-15,20-21H,3-4,16-19H2,1-2H3,(H,36,37)(H,38,42). The van der Waals surface area contributed by atoms with Gasteiger partial charge in [-0.15, -0.1) is 0 Å². The Labute approximate surface area is 254 Å². The fourth-order valence-corrected chi connectivity index (χ4v) is 5.92. The van der Waals surface area contributed by atoms with Gasteiger partial charge < -0.3 is 29.2 Å². The number of carbonyl (C=O) groups is 2. The number of imidazole rings is 1. The van der Waals surface area contributed by atoms with Crippen molar-refractivity contribution in [3.63, 3.8) is 0 Å². The van der Waals surface area contributed by atoms with Gasteiger partial charge in [0.2, 0.25) is 0 Å². The van der Waals surface area contributed by atoms with Gasteiger partial charge in [0.1, 0.15) is 0 Å². The van der Waals surface area contributed by atoms with Crippen LogP contribution in [-0.4, -0.2) is 62.0 Å². The number of nitrogens with zero attached hydrogens (tertiary/aromatic N) is 5. The molecule has 10 nitrogen and oxygen atoms in total. The zero-order valence-electron chi connectivity index (χ0n) is 24.7. The number of nitrogens with one attached hydrogen (secondary N) is 2. The zero-order chi connectivity index (χ0) is 30.2. The van der Waals surface area contributed by atoms with Gasteiger partial charge in [0.15, 0.2) is 11.5 Å². The maximum absolute atomic E-state index is 13.4. The molecule has 5 aromatic rings. The van der Waals surface area contributed by atoms with E-state index in [9.17, 15) is 9.59 Å². The fraction of sp³-hybridized carbons (Fsp3) is 0.235. The molecular formula is C34H33N7O3. The number of amides is 2. The predicted molar refractivity (Wildman–Crippen MR) is 170 cm³/mol. The summed E-state index contributed by atoms with van der Waals surface area (Å²) >= 11 is 0. The molecule has 2 aromatic carbocycles. The van der Waals surface area contributed by atoms with E-state index in [-0.39, 0.29) is 11.8 Å². The molecule has 44 heavy (non-hydrogen) atoms. The van der Waals surface area contributed by atoms with Gasteiger partial charge in [-0.25, -0.2) is 9.97 Å². The van der Waals surface area contributed by atoms with Crippen molar-refractivity contribution in [3.8, 4) is 11.3 Å². The number of hydrogen-bond acceptors (Lipinski definition) is 6. The molecule has 2 aliphatic rings. The van der Waals surface area contributed by atoms with Crippen molar-refractivity contribution in [3.05, 3.63) is 94.5 Å². The van der Waals surface area contributed by atoms with Crippen molar-refractivity contribution >= 4 is 46.8 Å². The Balaban J connectivity index is 1.16. The quantitative estimate of drug-likeness (QED) is 0.313. The molecule has 2 amide bonds. The Morgan fingerprint density at radius 3 is 2.59 bits per heavy atom. The van der Waals surface area contributed by atoms with E-state index in [0.29, 0.717) is 48.9 Å². The lowest BCUT2D eigenvalue weighted by atomic mass is 10.0. The van der Waals surface area contributed by atoms with Crippen molar-refractivity contribution in [2.45, 2.75) is 19.8 Å². The van der Waals surface area contributed by atoms with Gasteiger partial charge in [-0.1, -0.05) is 24.3 Å². The number of hydrogen-bond donors (Lipinski definition) is 2. The van der Waals surface area contributed by atoms with E-state index < -0.39 is 0 Å². The Bertz CT molecular complexity index is 2020. The van der Waals surface area contributed by atoms with Gasteiger partial charge in [0.05, 0.1) is 24.5 Å². The summed E-state index contributed by atoms with van der Waals surface area (Å²) in [5.74, 6) is 0.447. The molecule has 7 rings (SSSR count). The van der Waals surface area contributed by atoms with Gasteiger partial charge >= 0.3 is 0 Å². The van der Waals surface area contributed by atoms with E-state index >= 15 is 0 Å². The average molecular weight is 588 g/mol. The highest BCUT2D eigenvalue weighted by Crippen LogP contribution is 2.30. The second-order valence-electron chi connectivity index (χ2n) is 11.1. The van der Waals surface area contributed by atoms with Crippen LogP contribution in [0.2, 0.25) is 0 Å². The lowest BCUT2D eigenvalue weighted by Gasteiger charge is -2.26. The molecule has 1 aliphatic carbocycles. The minimum absolute atomic E-state index is 0.00156.